The first kappa shape index (κ1) is 29.8. The molecule has 2 nitrogen and oxygen atoms in total. The molecule has 0 aliphatic heterocycles. The minimum absolute atomic E-state index is 0.422. The number of furan rings is 1. The van der Waals surface area contributed by atoms with Gasteiger partial charge in [0.05, 0.1) is 5.41 Å². The summed E-state index contributed by atoms with van der Waals surface area (Å²) in [5, 5.41) is 2.28. The third-order valence-electron chi connectivity index (χ3n) is 12.6. The van der Waals surface area contributed by atoms with Gasteiger partial charge in [-0.3, -0.25) is 0 Å². The summed E-state index contributed by atoms with van der Waals surface area (Å²) in [5.74, 6) is 2.49. The van der Waals surface area contributed by atoms with Gasteiger partial charge in [-0.05, 0) is 124 Å². The molecule has 2 heteroatoms. The molecule has 7 aromatic carbocycles. The Balaban J connectivity index is 1.11. The predicted molar refractivity (Wildman–Crippen MR) is 214 cm³/mol. The maximum Gasteiger partial charge on any atom is 0.135 e. The molecule has 250 valence electrons. The number of benzene rings is 7. The molecule has 0 amide bonds. The Morgan fingerprint density at radius 2 is 1.12 bits per heavy atom. The van der Waals surface area contributed by atoms with Crippen LogP contribution in [0.1, 0.15) is 59.4 Å². The van der Waals surface area contributed by atoms with Crippen LogP contribution in [0.25, 0.3) is 33.1 Å². The molecule has 3 aliphatic carbocycles. The SMILES string of the molecule is c1ccc(C2(c3ccccc3)c3ccccc3-c3cc(N(c4ccc(C5CC6CCC5C6)cc4)c4ccc5oc6ccccc6c5c4)ccc32)cc1. The van der Waals surface area contributed by atoms with Gasteiger partial charge < -0.3 is 9.32 Å². The highest BCUT2D eigenvalue weighted by Crippen LogP contribution is 2.57. The number of rotatable bonds is 6. The van der Waals surface area contributed by atoms with Crippen LogP contribution in [-0.4, -0.2) is 0 Å². The van der Waals surface area contributed by atoms with Crippen LogP contribution in [0.4, 0.5) is 17.1 Å². The van der Waals surface area contributed by atoms with Crippen LogP contribution in [0.5, 0.6) is 0 Å². The molecule has 0 saturated heterocycles. The molecule has 0 N–H and O–H groups in total. The van der Waals surface area contributed by atoms with E-state index in [2.05, 4.69) is 169 Å². The number of hydrogen-bond acceptors (Lipinski definition) is 2. The first-order valence-electron chi connectivity index (χ1n) is 18.9. The van der Waals surface area contributed by atoms with Gasteiger partial charge in [0.1, 0.15) is 11.2 Å². The maximum atomic E-state index is 6.28. The van der Waals surface area contributed by atoms with Gasteiger partial charge in [0.2, 0.25) is 0 Å². The molecular weight excluding hydrogens is 631 g/mol. The van der Waals surface area contributed by atoms with Crippen molar-refractivity contribution in [3.8, 4) is 11.1 Å². The van der Waals surface area contributed by atoms with E-state index in [9.17, 15) is 0 Å². The van der Waals surface area contributed by atoms with E-state index < -0.39 is 5.41 Å². The molecule has 1 heterocycles. The van der Waals surface area contributed by atoms with Crippen molar-refractivity contribution >= 4 is 39.0 Å². The zero-order chi connectivity index (χ0) is 34.2. The van der Waals surface area contributed by atoms with Crippen molar-refractivity contribution in [2.75, 3.05) is 4.90 Å². The zero-order valence-electron chi connectivity index (χ0n) is 29.1. The quantitative estimate of drug-likeness (QED) is 0.175. The van der Waals surface area contributed by atoms with E-state index in [1.54, 1.807) is 0 Å². The normalized spacial score (nSPS) is 19.6. The minimum atomic E-state index is -0.422. The van der Waals surface area contributed by atoms with Gasteiger partial charge in [0.15, 0.2) is 0 Å². The summed E-state index contributed by atoms with van der Waals surface area (Å²) in [6.07, 6.45) is 5.59. The molecule has 2 bridgehead atoms. The maximum absolute atomic E-state index is 6.28. The van der Waals surface area contributed by atoms with Gasteiger partial charge in [-0.1, -0.05) is 128 Å². The standard InChI is InChI=1S/C50H39NO/c1-3-11-36(12-4-1)50(37-13-5-2-6-14-37)46-17-9-7-15-41(46)44-31-39(25-27-47(44)50)51(38-23-21-34(22-24-38)43-30-33-19-20-35(43)29-33)40-26-28-49-45(32-40)42-16-8-10-18-48(42)52-49/h1-18,21-28,31-33,35,43H,19-20,29-30H2. The Kier molecular flexibility index (Phi) is 6.64. The van der Waals surface area contributed by atoms with Crippen LogP contribution in [0, 0.1) is 11.8 Å². The minimum Gasteiger partial charge on any atom is -0.456 e. The fourth-order valence-corrected chi connectivity index (χ4v) is 10.4. The summed E-state index contributed by atoms with van der Waals surface area (Å²) in [5.41, 5.74) is 14.1. The largest absolute Gasteiger partial charge is 0.456 e. The Morgan fingerprint density at radius 1 is 0.481 bits per heavy atom. The molecule has 2 saturated carbocycles. The summed E-state index contributed by atoms with van der Waals surface area (Å²) in [7, 11) is 0. The number of hydrogen-bond donors (Lipinski definition) is 0. The highest BCUT2D eigenvalue weighted by molar-refractivity contribution is 6.06. The summed E-state index contributed by atoms with van der Waals surface area (Å²) in [4.78, 5) is 2.44. The van der Waals surface area contributed by atoms with E-state index in [1.807, 2.05) is 6.07 Å². The smallest absolute Gasteiger partial charge is 0.135 e. The Labute approximate surface area is 305 Å². The summed E-state index contributed by atoms with van der Waals surface area (Å²) >= 11 is 0. The second kappa shape index (κ2) is 11.6. The molecule has 52 heavy (non-hydrogen) atoms. The molecular formula is C50H39NO. The van der Waals surface area contributed by atoms with Gasteiger partial charge in [0.25, 0.3) is 0 Å². The van der Waals surface area contributed by atoms with E-state index in [-0.39, 0.29) is 0 Å². The van der Waals surface area contributed by atoms with Crippen molar-refractivity contribution in [1.82, 2.24) is 0 Å². The molecule has 0 spiro atoms. The number of fused-ring (bicyclic) bond motifs is 8. The van der Waals surface area contributed by atoms with E-state index in [1.165, 1.54) is 70.3 Å². The van der Waals surface area contributed by atoms with Crippen LogP contribution in [-0.2, 0) is 5.41 Å². The van der Waals surface area contributed by atoms with Crippen molar-refractivity contribution < 1.29 is 4.42 Å². The number of nitrogens with zero attached hydrogens (tertiary/aromatic N) is 1. The fraction of sp³-hybridized carbons (Fsp3) is 0.160. The number of anilines is 3. The average molecular weight is 670 g/mol. The third-order valence-corrected chi connectivity index (χ3v) is 12.6. The highest BCUT2D eigenvalue weighted by Gasteiger charge is 2.46. The first-order valence-corrected chi connectivity index (χ1v) is 18.9. The monoisotopic (exact) mass is 669 g/mol. The van der Waals surface area contributed by atoms with Crippen LogP contribution in [0.15, 0.2) is 174 Å². The lowest BCUT2D eigenvalue weighted by molar-refractivity contribution is 0.420. The van der Waals surface area contributed by atoms with Crippen LogP contribution in [0.3, 0.4) is 0 Å². The van der Waals surface area contributed by atoms with E-state index in [4.69, 9.17) is 4.42 Å². The second-order valence-electron chi connectivity index (χ2n) is 15.2. The van der Waals surface area contributed by atoms with Crippen molar-refractivity contribution in [2.24, 2.45) is 11.8 Å². The molecule has 3 aliphatic rings. The average Bonchev–Trinajstić information content (AvgIpc) is 4.00. The molecule has 8 aromatic rings. The van der Waals surface area contributed by atoms with Crippen molar-refractivity contribution in [2.45, 2.75) is 37.0 Å². The lowest BCUT2D eigenvalue weighted by atomic mass is 9.68. The van der Waals surface area contributed by atoms with E-state index in [0.29, 0.717) is 5.92 Å². The summed E-state index contributed by atoms with van der Waals surface area (Å²) in [6.45, 7) is 0. The van der Waals surface area contributed by atoms with Crippen molar-refractivity contribution in [1.29, 1.82) is 0 Å². The van der Waals surface area contributed by atoms with Gasteiger partial charge in [0, 0.05) is 27.8 Å². The Hall–Kier alpha value is -5.86. The first-order chi connectivity index (χ1) is 25.8. The predicted octanol–water partition coefficient (Wildman–Crippen LogP) is 13.3. The van der Waals surface area contributed by atoms with Crippen LogP contribution < -0.4 is 4.90 Å². The topological polar surface area (TPSA) is 16.4 Å². The Morgan fingerprint density at radius 3 is 1.87 bits per heavy atom. The number of para-hydroxylation sites is 1. The zero-order valence-corrected chi connectivity index (χ0v) is 29.1. The molecule has 2 fully saturated rings. The van der Waals surface area contributed by atoms with Crippen molar-refractivity contribution in [3.63, 3.8) is 0 Å². The third kappa shape index (κ3) is 4.37. The summed E-state index contributed by atoms with van der Waals surface area (Å²) < 4.78 is 6.28. The van der Waals surface area contributed by atoms with Crippen molar-refractivity contribution in [3.05, 3.63) is 198 Å². The molecule has 0 radical (unpaired) electrons. The van der Waals surface area contributed by atoms with Crippen LogP contribution >= 0.6 is 0 Å². The van der Waals surface area contributed by atoms with Gasteiger partial charge in [-0.25, -0.2) is 0 Å². The second-order valence-corrected chi connectivity index (χ2v) is 15.2. The molecule has 11 rings (SSSR count). The fourth-order valence-electron chi connectivity index (χ4n) is 10.4. The van der Waals surface area contributed by atoms with Gasteiger partial charge in [-0.15, -0.1) is 0 Å². The lowest BCUT2D eigenvalue weighted by Gasteiger charge is -2.34. The molecule has 1 aromatic heterocycles. The van der Waals surface area contributed by atoms with Gasteiger partial charge in [-0.2, -0.15) is 0 Å². The summed E-state index contributed by atoms with van der Waals surface area (Å²) in [6, 6.07) is 62.9. The Bertz CT molecular complexity index is 2560. The van der Waals surface area contributed by atoms with E-state index in [0.717, 1.165) is 45.1 Å². The molecule has 3 unspecified atom stereocenters. The highest BCUT2D eigenvalue weighted by atomic mass is 16.3. The molecule has 3 atom stereocenters. The van der Waals surface area contributed by atoms with Gasteiger partial charge >= 0.3 is 0 Å². The van der Waals surface area contributed by atoms with E-state index >= 15 is 0 Å². The lowest BCUT2D eigenvalue weighted by Crippen LogP contribution is -2.28. The van der Waals surface area contributed by atoms with Crippen LogP contribution in [0.2, 0.25) is 0 Å².